The van der Waals surface area contributed by atoms with Gasteiger partial charge in [0.15, 0.2) is 0 Å². The van der Waals surface area contributed by atoms with Crippen LogP contribution in [0.1, 0.15) is 5.56 Å². The number of halogens is 1. The molecule has 0 N–H and O–H groups in total. The number of aromatic nitrogens is 1. The summed E-state index contributed by atoms with van der Waals surface area (Å²) in [6.07, 6.45) is 2.71. The minimum atomic E-state index is -0.217. The Hall–Kier alpha value is 0.416. The Kier molecular flexibility index (Phi) is 4.89. The Morgan fingerprint density at radius 1 is 1.36 bits per heavy atom. The molecule has 0 atom stereocenters. The van der Waals surface area contributed by atoms with Crippen molar-refractivity contribution in [3.05, 3.63) is 41.2 Å². The second-order valence-corrected chi connectivity index (χ2v) is 3.66. The molecule has 0 aliphatic rings. The van der Waals surface area contributed by atoms with Crippen molar-refractivity contribution in [1.29, 1.82) is 0 Å². The zero-order valence-corrected chi connectivity index (χ0v) is 12.0. The van der Waals surface area contributed by atoms with E-state index in [0.717, 1.165) is 16.1 Å². The van der Waals surface area contributed by atoms with Crippen molar-refractivity contribution in [2.75, 3.05) is 0 Å². The van der Waals surface area contributed by atoms with Crippen molar-refractivity contribution in [3.63, 3.8) is 0 Å². The number of thiazole rings is 1. The second kappa shape index (κ2) is 5.49. The summed E-state index contributed by atoms with van der Waals surface area (Å²) in [5.74, 6) is -0.217. The fourth-order valence-corrected chi connectivity index (χ4v) is 1.76. The molecule has 0 unspecified atom stereocenters. The molecule has 0 aliphatic carbocycles. The third-order valence-corrected chi connectivity index (χ3v) is 2.45. The Morgan fingerprint density at radius 2 is 2.14 bits per heavy atom. The molecule has 2 rings (SSSR count). The van der Waals surface area contributed by atoms with E-state index in [4.69, 9.17) is 0 Å². The Bertz CT molecular complexity index is 394. The molecule has 0 saturated carbocycles. The quantitative estimate of drug-likeness (QED) is 0.500. The molecule has 0 bridgehead atoms. The minimum absolute atomic E-state index is 0. The molecule has 0 amide bonds. The summed E-state index contributed by atoms with van der Waals surface area (Å²) in [7, 11) is 0. The topological polar surface area (TPSA) is 12.9 Å². The number of aryl methyl sites for hydroxylation is 1. The van der Waals surface area contributed by atoms with E-state index in [1.165, 1.54) is 23.5 Å². The van der Waals surface area contributed by atoms with E-state index in [1.807, 2.05) is 13.0 Å². The molecule has 1 heterocycles. The number of hydrogen-bond acceptors (Lipinski definition) is 2. The van der Waals surface area contributed by atoms with Crippen LogP contribution in [0, 0.1) is 18.9 Å². The molecular weight excluding hydrogens is 224 g/mol. The molecule has 0 spiro atoms. The Balaban J connectivity index is 0.000000980. The van der Waals surface area contributed by atoms with Crippen molar-refractivity contribution in [3.8, 4) is 10.6 Å². The molecule has 1 nitrogen and oxygen atoms in total. The van der Waals surface area contributed by atoms with Gasteiger partial charge in [0.2, 0.25) is 0 Å². The Morgan fingerprint density at radius 3 is 2.71 bits per heavy atom. The predicted molar refractivity (Wildman–Crippen MR) is 51.1 cm³/mol. The van der Waals surface area contributed by atoms with Crippen LogP contribution in [0.2, 0.25) is 0 Å². The molecule has 1 aromatic heterocycles. The molecule has 0 aliphatic heterocycles. The van der Waals surface area contributed by atoms with Crippen molar-refractivity contribution < 1.29 is 55.8 Å². The molecule has 1 aromatic carbocycles. The first-order chi connectivity index (χ1) is 6.25. The summed E-state index contributed by atoms with van der Waals surface area (Å²) < 4.78 is 13.0. The largest absolute Gasteiger partial charge is 1.00 e. The summed E-state index contributed by atoms with van der Waals surface area (Å²) in [5.41, 5.74) is 1.73. The van der Waals surface area contributed by atoms with Gasteiger partial charge in [-0.3, -0.25) is 0 Å². The third kappa shape index (κ3) is 2.95. The SMILES string of the molecule is Cc1cc(F)cc(-c2n[c-]cs2)c1.[K+]. The van der Waals surface area contributed by atoms with Crippen LogP contribution in [-0.4, -0.2) is 4.98 Å². The molecule has 66 valence electrons. The van der Waals surface area contributed by atoms with Gasteiger partial charge in [0, 0.05) is 0 Å². The van der Waals surface area contributed by atoms with E-state index in [0.29, 0.717) is 0 Å². The van der Waals surface area contributed by atoms with E-state index >= 15 is 0 Å². The van der Waals surface area contributed by atoms with Crippen LogP contribution in [0.4, 0.5) is 4.39 Å². The summed E-state index contributed by atoms with van der Waals surface area (Å²) in [4.78, 5) is 4.00. The number of rotatable bonds is 1. The minimum Gasteiger partial charge on any atom is -0.442 e. The van der Waals surface area contributed by atoms with E-state index in [9.17, 15) is 4.39 Å². The van der Waals surface area contributed by atoms with Gasteiger partial charge >= 0.3 is 51.4 Å². The molecule has 4 heteroatoms. The second-order valence-electron chi connectivity index (χ2n) is 2.80. The van der Waals surface area contributed by atoms with Gasteiger partial charge in [-0.15, -0.1) is 6.20 Å². The molecule has 0 fully saturated rings. The van der Waals surface area contributed by atoms with Crippen LogP contribution >= 0.6 is 11.3 Å². The fraction of sp³-hybridized carbons (Fsp3) is 0.100. The van der Waals surface area contributed by atoms with Gasteiger partial charge in [0.05, 0.1) is 0 Å². The Labute approximate surface area is 129 Å². The number of benzene rings is 1. The van der Waals surface area contributed by atoms with Gasteiger partial charge in [-0.05, 0) is 29.6 Å². The normalized spacial score (nSPS) is 9.57. The van der Waals surface area contributed by atoms with Crippen LogP contribution in [0.25, 0.3) is 10.6 Å². The maximum Gasteiger partial charge on any atom is 1.00 e. The van der Waals surface area contributed by atoms with Crippen molar-refractivity contribution in [1.82, 2.24) is 4.98 Å². The molecule has 0 saturated heterocycles. The average molecular weight is 231 g/mol. The van der Waals surface area contributed by atoms with E-state index < -0.39 is 0 Å². The van der Waals surface area contributed by atoms with E-state index in [2.05, 4.69) is 11.2 Å². The summed E-state index contributed by atoms with van der Waals surface area (Å²) in [6.45, 7) is 1.86. The van der Waals surface area contributed by atoms with Gasteiger partial charge in [-0.2, -0.15) is 0 Å². The molecule has 2 aromatic rings. The van der Waals surface area contributed by atoms with Gasteiger partial charge in [-0.25, -0.2) is 15.7 Å². The van der Waals surface area contributed by atoms with Crippen LogP contribution in [0.3, 0.4) is 0 Å². The van der Waals surface area contributed by atoms with Crippen molar-refractivity contribution in [2.45, 2.75) is 6.92 Å². The van der Waals surface area contributed by atoms with Crippen molar-refractivity contribution in [2.24, 2.45) is 0 Å². The van der Waals surface area contributed by atoms with E-state index in [1.54, 1.807) is 5.38 Å². The number of nitrogens with zero attached hydrogens (tertiary/aromatic N) is 1. The summed E-state index contributed by atoms with van der Waals surface area (Å²) in [6, 6.07) is 4.90. The number of hydrogen-bond donors (Lipinski definition) is 0. The van der Waals surface area contributed by atoms with Gasteiger partial charge < -0.3 is 4.98 Å². The van der Waals surface area contributed by atoms with Gasteiger partial charge in [-0.1, -0.05) is 17.0 Å². The predicted octanol–water partition coefficient (Wildman–Crippen LogP) is 0.0618. The first-order valence-corrected chi connectivity index (χ1v) is 4.73. The zero-order valence-electron chi connectivity index (χ0n) is 8.04. The molecular formula is C10H7FKNS. The van der Waals surface area contributed by atoms with Gasteiger partial charge in [0.25, 0.3) is 0 Å². The fourth-order valence-electron chi connectivity index (χ4n) is 1.19. The first kappa shape index (κ1) is 12.5. The maximum absolute atomic E-state index is 13.0. The van der Waals surface area contributed by atoms with Crippen LogP contribution < -0.4 is 51.4 Å². The van der Waals surface area contributed by atoms with E-state index in [-0.39, 0.29) is 57.2 Å². The molecule has 14 heavy (non-hydrogen) atoms. The molecule has 0 radical (unpaired) electrons. The summed E-state index contributed by atoms with van der Waals surface area (Å²) in [5, 5.41) is 2.57. The monoisotopic (exact) mass is 231 g/mol. The van der Waals surface area contributed by atoms with Crippen LogP contribution in [0.5, 0.6) is 0 Å². The van der Waals surface area contributed by atoms with Crippen LogP contribution in [0.15, 0.2) is 23.6 Å². The summed E-state index contributed by atoms with van der Waals surface area (Å²) >= 11 is 1.46. The first-order valence-electron chi connectivity index (χ1n) is 3.85. The third-order valence-electron chi connectivity index (χ3n) is 1.68. The zero-order chi connectivity index (χ0) is 9.26. The maximum atomic E-state index is 13.0. The average Bonchev–Trinajstić information content (AvgIpc) is 2.53. The van der Waals surface area contributed by atoms with Gasteiger partial charge in [0.1, 0.15) is 5.82 Å². The van der Waals surface area contributed by atoms with Crippen molar-refractivity contribution >= 4 is 11.3 Å². The van der Waals surface area contributed by atoms with Crippen LogP contribution in [-0.2, 0) is 0 Å². The standard InChI is InChI=1S/C10H7FNS.K/c1-7-4-8(6-9(11)5-7)10-12-2-3-13-10;/h3-6H,1H3;/q-1;+1. The smallest absolute Gasteiger partial charge is 0.442 e.